The first kappa shape index (κ1) is 30.5. The molecule has 0 unspecified atom stereocenters. The Bertz CT molecular complexity index is 928. The van der Waals surface area contributed by atoms with Gasteiger partial charge in [-0.2, -0.15) is 0 Å². The molecule has 10 heteroatoms. The van der Waals surface area contributed by atoms with Crippen LogP contribution in [0.2, 0.25) is 0 Å². The molecule has 0 saturated carbocycles. The van der Waals surface area contributed by atoms with Crippen LogP contribution in [0.3, 0.4) is 0 Å². The number of ether oxygens (including phenoxy) is 4. The van der Waals surface area contributed by atoms with Crippen molar-refractivity contribution in [2.24, 2.45) is 5.41 Å². The van der Waals surface area contributed by atoms with Gasteiger partial charge in [-0.15, -0.1) is 0 Å². The number of hydrogen-bond acceptors (Lipinski definition) is 6. The molecule has 0 spiro atoms. The van der Waals surface area contributed by atoms with Gasteiger partial charge in [-0.1, -0.05) is 13.8 Å². The van der Waals surface area contributed by atoms with Crippen LogP contribution in [-0.2, 0) is 0 Å². The van der Waals surface area contributed by atoms with Crippen molar-refractivity contribution in [2.75, 3.05) is 26.4 Å². The molecule has 0 aromatic heterocycles. The van der Waals surface area contributed by atoms with E-state index in [1.54, 1.807) is 27.7 Å². The molecule has 2 N–H and O–H groups in total. The molecule has 0 bridgehead atoms. The lowest BCUT2D eigenvalue weighted by molar-refractivity contribution is -0.0190. The van der Waals surface area contributed by atoms with Gasteiger partial charge in [0.25, 0.3) is 0 Å². The molecule has 0 aliphatic heterocycles. The molecule has 0 amide bonds. The van der Waals surface area contributed by atoms with E-state index < -0.39 is 77.8 Å². The van der Waals surface area contributed by atoms with Gasteiger partial charge in [-0.25, -0.2) is 17.6 Å². The zero-order valence-corrected chi connectivity index (χ0v) is 22.1. The van der Waals surface area contributed by atoms with E-state index in [0.29, 0.717) is 12.8 Å². The highest BCUT2D eigenvalue weighted by Gasteiger charge is 2.33. The van der Waals surface area contributed by atoms with Crippen LogP contribution in [0.5, 0.6) is 23.0 Å². The first-order valence-electron chi connectivity index (χ1n) is 12.0. The highest BCUT2D eigenvalue weighted by atomic mass is 19.1. The summed E-state index contributed by atoms with van der Waals surface area (Å²) >= 11 is 0. The summed E-state index contributed by atoms with van der Waals surface area (Å²) in [5, 5.41) is 19.8. The summed E-state index contributed by atoms with van der Waals surface area (Å²) in [6.45, 7) is 8.25. The lowest BCUT2D eigenvalue weighted by atomic mass is 9.92. The number of rotatable bonds is 14. The summed E-state index contributed by atoms with van der Waals surface area (Å²) in [5.41, 5.74) is -3.04. The predicted octanol–water partition coefficient (Wildman–Crippen LogP) is 5.81. The second kappa shape index (κ2) is 12.2. The molecular weight excluding hydrogens is 496 g/mol. The van der Waals surface area contributed by atoms with E-state index in [0.717, 1.165) is 24.3 Å². The molecule has 208 valence electrons. The Kier molecular flexibility index (Phi) is 10.1. The maximum Gasteiger partial charge on any atom is 0.191 e. The monoisotopic (exact) mass is 532 g/mol. The Morgan fingerprint density at radius 2 is 0.919 bits per heavy atom. The SMILES string of the molecule is CCC(C)(C)Oc1c(F)cc(OCC(CO)(CO)COc2cc(F)c(OC(C)(C)CC)c(F)c2)cc1F. The van der Waals surface area contributed by atoms with Crippen LogP contribution >= 0.6 is 0 Å². The van der Waals surface area contributed by atoms with Crippen LogP contribution in [-0.4, -0.2) is 47.8 Å². The summed E-state index contributed by atoms with van der Waals surface area (Å²) < 4.78 is 79.8. The standard InChI is InChI=1S/C27H36F4O6/c1-7-25(3,4)36-23-19(28)9-17(10-20(23)29)34-15-27(13-32,14-33)16-35-18-11-21(30)24(22(31)12-18)37-26(5,6)8-2/h9-12,32-33H,7-8,13-16H2,1-6H3. The fourth-order valence-electron chi connectivity index (χ4n) is 2.88. The third-order valence-corrected chi connectivity index (χ3v) is 6.16. The van der Waals surface area contributed by atoms with E-state index in [4.69, 9.17) is 18.9 Å². The first-order chi connectivity index (χ1) is 17.2. The van der Waals surface area contributed by atoms with Crippen molar-refractivity contribution in [3.05, 3.63) is 47.5 Å². The number of hydrogen-bond donors (Lipinski definition) is 2. The van der Waals surface area contributed by atoms with E-state index in [1.807, 2.05) is 13.8 Å². The summed E-state index contributed by atoms with van der Waals surface area (Å²) in [5.74, 6) is -5.43. The van der Waals surface area contributed by atoms with Crippen LogP contribution in [0.4, 0.5) is 17.6 Å². The van der Waals surface area contributed by atoms with Gasteiger partial charge in [0.1, 0.15) is 35.9 Å². The largest absolute Gasteiger partial charge is 0.492 e. The average molecular weight is 533 g/mol. The van der Waals surface area contributed by atoms with E-state index in [2.05, 4.69) is 0 Å². The zero-order chi connectivity index (χ0) is 28.0. The second-order valence-corrected chi connectivity index (χ2v) is 10.3. The van der Waals surface area contributed by atoms with E-state index in [9.17, 15) is 27.8 Å². The van der Waals surface area contributed by atoms with Crippen molar-refractivity contribution in [3.8, 4) is 23.0 Å². The molecule has 2 rings (SSSR count). The van der Waals surface area contributed by atoms with Gasteiger partial charge in [-0.3, -0.25) is 0 Å². The third-order valence-electron chi connectivity index (χ3n) is 6.16. The fourth-order valence-corrected chi connectivity index (χ4v) is 2.88. The minimum atomic E-state index is -1.46. The van der Waals surface area contributed by atoms with Crippen LogP contribution in [0.25, 0.3) is 0 Å². The quantitative estimate of drug-likeness (QED) is 0.299. The normalized spacial score (nSPS) is 12.4. The zero-order valence-electron chi connectivity index (χ0n) is 22.1. The number of aliphatic hydroxyl groups excluding tert-OH is 2. The van der Waals surface area contributed by atoms with Crippen molar-refractivity contribution in [1.82, 2.24) is 0 Å². The molecular formula is C27H36F4O6. The van der Waals surface area contributed by atoms with Gasteiger partial charge in [0.15, 0.2) is 34.8 Å². The van der Waals surface area contributed by atoms with Crippen LogP contribution in [0.15, 0.2) is 24.3 Å². The van der Waals surface area contributed by atoms with Crippen LogP contribution in [0.1, 0.15) is 54.4 Å². The maximum absolute atomic E-state index is 14.5. The molecule has 2 aromatic rings. The van der Waals surface area contributed by atoms with Gasteiger partial charge in [0.2, 0.25) is 0 Å². The van der Waals surface area contributed by atoms with Gasteiger partial charge < -0.3 is 29.2 Å². The van der Waals surface area contributed by atoms with Crippen LogP contribution < -0.4 is 18.9 Å². The minimum Gasteiger partial charge on any atom is -0.492 e. The molecule has 37 heavy (non-hydrogen) atoms. The van der Waals surface area contributed by atoms with Crippen LogP contribution in [0, 0.1) is 28.7 Å². The van der Waals surface area contributed by atoms with E-state index in [-0.39, 0.29) is 11.5 Å². The minimum absolute atomic E-state index is 0.208. The number of aliphatic hydroxyl groups is 2. The molecule has 0 saturated heterocycles. The van der Waals surface area contributed by atoms with Gasteiger partial charge >= 0.3 is 0 Å². The van der Waals surface area contributed by atoms with Crippen molar-refractivity contribution in [3.63, 3.8) is 0 Å². The van der Waals surface area contributed by atoms with Crippen molar-refractivity contribution in [1.29, 1.82) is 0 Å². The summed E-state index contributed by atoms with van der Waals surface area (Å²) in [6.07, 6.45) is 1.03. The Balaban J connectivity index is 2.14. The highest BCUT2D eigenvalue weighted by molar-refractivity contribution is 5.36. The Morgan fingerprint density at radius 1 is 0.622 bits per heavy atom. The number of halogens is 4. The topological polar surface area (TPSA) is 77.4 Å². The molecule has 6 nitrogen and oxygen atoms in total. The van der Waals surface area contributed by atoms with Gasteiger partial charge in [-0.05, 0) is 40.5 Å². The van der Waals surface area contributed by atoms with Crippen molar-refractivity contribution in [2.45, 2.75) is 65.6 Å². The number of benzene rings is 2. The third kappa shape index (κ3) is 8.13. The molecule has 0 fully saturated rings. The molecule has 0 radical (unpaired) electrons. The summed E-state index contributed by atoms with van der Waals surface area (Å²) in [6, 6.07) is 3.69. The Hall–Kier alpha value is -2.72. The van der Waals surface area contributed by atoms with Crippen molar-refractivity contribution >= 4 is 0 Å². The second-order valence-electron chi connectivity index (χ2n) is 10.3. The van der Waals surface area contributed by atoms with Gasteiger partial charge in [0, 0.05) is 24.3 Å². The molecule has 0 atom stereocenters. The summed E-state index contributed by atoms with van der Waals surface area (Å²) in [7, 11) is 0. The first-order valence-corrected chi connectivity index (χ1v) is 12.0. The molecule has 0 heterocycles. The van der Waals surface area contributed by atoms with E-state index >= 15 is 0 Å². The molecule has 2 aromatic carbocycles. The maximum atomic E-state index is 14.5. The summed E-state index contributed by atoms with van der Waals surface area (Å²) in [4.78, 5) is 0. The van der Waals surface area contributed by atoms with E-state index in [1.165, 1.54) is 0 Å². The molecule has 0 aliphatic rings. The Labute approximate surface area is 215 Å². The highest BCUT2D eigenvalue weighted by Crippen LogP contribution is 2.33. The average Bonchev–Trinajstić information content (AvgIpc) is 2.84. The van der Waals surface area contributed by atoms with Crippen molar-refractivity contribution < 1.29 is 46.7 Å². The van der Waals surface area contributed by atoms with Gasteiger partial charge in [0.05, 0.1) is 18.6 Å². The fraction of sp³-hybridized carbons (Fsp3) is 0.556. The molecule has 0 aliphatic carbocycles. The smallest absolute Gasteiger partial charge is 0.191 e. The lowest BCUT2D eigenvalue weighted by Gasteiger charge is -2.30. The Morgan fingerprint density at radius 3 is 1.16 bits per heavy atom. The predicted molar refractivity (Wildman–Crippen MR) is 130 cm³/mol. The lowest BCUT2D eigenvalue weighted by Crippen LogP contribution is -2.42.